The number of nitrogens with two attached hydrogens (primary N) is 1. The van der Waals surface area contributed by atoms with Gasteiger partial charge in [0.1, 0.15) is 0 Å². The summed E-state index contributed by atoms with van der Waals surface area (Å²) in [5.74, 6) is 1.27. The topological polar surface area (TPSA) is 145 Å². The molecule has 0 bridgehead atoms. The van der Waals surface area contributed by atoms with Gasteiger partial charge in [-0.25, -0.2) is 4.98 Å². The molecule has 0 aliphatic rings. The average molecular weight is 620 g/mol. The number of carbonyl (C=O) groups excluding carboxylic acids is 2. The van der Waals surface area contributed by atoms with Crippen molar-refractivity contribution in [1.82, 2.24) is 19.9 Å². The Balaban J connectivity index is 0.00000462. The zero-order chi connectivity index (χ0) is 28.6. The third-order valence-corrected chi connectivity index (χ3v) is 6.67. The van der Waals surface area contributed by atoms with Crippen molar-refractivity contribution in [1.29, 1.82) is 5.41 Å². The number of nitrogens with one attached hydrogen (secondary N) is 4. The highest BCUT2D eigenvalue weighted by atomic mass is 35.5. The van der Waals surface area contributed by atoms with Crippen LogP contribution in [0.2, 0.25) is 0 Å². The standard InChI is InChI=1S/C28H32Cl2N8O2.ClH/c1-37-17-20(34-26(39)14-18-2-5-21(6-3-18)38(12-9-29)13-10-30)16-24(37)27-35-22-7-4-19(15-23(22)36-27)28(40)33-11-8-25(31)32;/h2-7,15-17H,8-14H2,1H3,(H3,31,32)(H,33,40)(H,34,39)(H,35,36);1H. The number of hydrogen-bond acceptors (Lipinski definition) is 5. The first kappa shape index (κ1) is 31.8. The second-order valence-electron chi connectivity index (χ2n) is 9.33. The molecule has 0 aliphatic carbocycles. The van der Waals surface area contributed by atoms with Crippen molar-refractivity contribution in [2.75, 3.05) is 41.6 Å². The molecule has 0 spiro atoms. The Bertz CT molecular complexity index is 1490. The molecule has 6 N–H and O–H groups in total. The molecule has 2 aromatic carbocycles. The Kier molecular flexibility index (Phi) is 11.5. The molecule has 41 heavy (non-hydrogen) atoms. The van der Waals surface area contributed by atoms with Gasteiger partial charge in [0.25, 0.3) is 5.91 Å². The first-order valence-electron chi connectivity index (χ1n) is 12.8. The molecule has 218 valence electrons. The van der Waals surface area contributed by atoms with Gasteiger partial charge >= 0.3 is 0 Å². The van der Waals surface area contributed by atoms with Crippen LogP contribution in [0.3, 0.4) is 0 Å². The second kappa shape index (κ2) is 14.8. The van der Waals surface area contributed by atoms with Gasteiger partial charge in [0.15, 0.2) is 5.82 Å². The van der Waals surface area contributed by atoms with Gasteiger partial charge in [-0.3, -0.25) is 15.0 Å². The number of anilines is 2. The number of halogens is 3. The van der Waals surface area contributed by atoms with Crippen LogP contribution < -0.4 is 21.3 Å². The van der Waals surface area contributed by atoms with E-state index in [0.717, 1.165) is 16.9 Å². The molecule has 0 unspecified atom stereocenters. The number of hydrogen-bond donors (Lipinski definition) is 5. The number of aromatic nitrogens is 3. The van der Waals surface area contributed by atoms with Crippen LogP contribution in [-0.2, 0) is 18.3 Å². The number of aryl methyl sites for hydroxylation is 1. The van der Waals surface area contributed by atoms with Gasteiger partial charge in [-0.15, -0.1) is 35.6 Å². The summed E-state index contributed by atoms with van der Waals surface area (Å²) in [6.45, 7) is 1.70. The van der Waals surface area contributed by atoms with E-state index in [1.807, 2.05) is 48.1 Å². The summed E-state index contributed by atoms with van der Waals surface area (Å²) in [6.07, 6.45) is 2.36. The van der Waals surface area contributed by atoms with E-state index in [0.29, 0.717) is 65.9 Å². The summed E-state index contributed by atoms with van der Waals surface area (Å²) in [5, 5.41) is 13.0. The van der Waals surface area contributed by atoms with Crippen molar-refractivity contribution in [2.24, 2.45) is 12.8 Å². The molecule has 0 radical (unpaired) electrons. The van der Waals surface area contributed by atoms with Crippen LogP contribution in [0, 0.1) is 5.41 Å². The molecule has 0 aliphatic heterocycles. The predicted octanol–water partition coefficient (Wildman–Crippen LogP) is 4.51. The highest BCUT2D eigenvalue weighted by Crippen LogP contribution is 2.25. The first-order valence-corrected chi connectivity index (χ1v) is 13.9. The fraction of sp³-hybridized carbons (Fsp3) is 0.286. The Hall–Kier alpha value is -3.73. The molecule has 0 saturated heterocycles. The average Bonchev–Trinajstić information content (AvgIpc) is 3.50. The molecule has 2 amide bonds. The maximum Gasteiger partial charge on any atom is 0.251 e. The summed E-state index contributed by atoms with van der Waals surface area (Å²) in [7, 11) is 1.87. The Labute approximate surface area is 254 Å². The van der Waals surface area contributed by atoms with Crippen LogP contribution >= 0.6 is 35.6 Å². The zero-order valence-electron chi connectivity index (χ0n) is 22.5. The van der Waals surface area contributed by atoms with Crippen molar-refractivity contribution in [2.45, 2.75) is 12.8 Å². The molecule has 0 saturated carbocycles. The normalized spacial score (nSPS) is 10.7. The number of alkyl halides is 2. The Morgan fingerprint density at radius 2 is 1.80 bits per heavy atom. The molecule has 4 rings (SSSR count). The number of H-pyrrole nitrogens is 1. The number of carbonyl (C=O) groups is 2. The van der Waals surface area contributed by atoms with Crippen LogP contribution in [0.4, 0.5) is 11.4 Å². The van der Waals surface area contributed by atoms with Gasteiger partial charge in [0, 0.05) is 62.3 Å². The van der Waals surface area contributed by atoms with Gasteiger partial charge in [-0.05, 0) is 42.0 Å². The third-order valence-electron chi connectivity index (χ3n) is 6.33. The fourth-order valence-electron chi connectivity index (χ4n) is 4.34. The maximum absolute atomic E-state index is 12.8. The number of aromatic amines is 1. The van der Waals surface area contributed by atoms with Gasteiger partial charge < -0.3 is 30.8 Å². The summed E-state index contributed by atoms with van der Waals surface area (Å²) in [4.78, 5) is 35.2. The molecule has 10 nitrogen and oxygen atoms in total. The highest BCUT2D eigenvalue weighted by molar-refractivity contribution is 6.18. The van der Waals surface area contributed by atoms with Gasteiger partial charge in [-0.1, -0.05) is 12.1 Å². The van der Waals surface area contributed by atoms with Crippen LogP contribution in [0.25, 0.3) is 22.6 Å². The van der Waals surface area contributed by atoms with Crippen molar-refractivity contribution < 1.29 is 9.59 Å². The minimum absolute atomic E-state index is 0. The minimum atomic E-state index is -0.249. The summed E-state index contributed by atoms with van der Waals surface area (Å²) < 4.78 is 1.87. The molecule has 4 aromatic rings. The lowest BCUT2D eigenvalue weighted by Gasteiger charge is -2.23. The summed E-state index contributed by atoms with van der Waals surface area (Å²) >= 11 is 11.8. The SMILES string of the molecule is Cl.Cn1cc(NC(=O)Cc2ccc(N(CCCl)CCCl)cc2)cc1-c1nc2ccc(C(=O)NCCC(=N)N)cc2[nH]1. The van der Waals surface area contributed by atoms with E-state index in [9.17, 15) is 9.59 Å². The van der Waals surface area contributed by atoms with E-state index in [4.69, 9.17) is 34.3 Å². The van der Waals surface area contributed by atoms with E-state index in [-0.39, 0.29) is 36.5 Å². The van der Waals surface area contributed by atoms with Crippen LogP contribution in [0.15, 0.2) is 54.7 Å². The summed E-state index contributed by atoms with van der Waals surface area (Å²) in [5.41, 5.74) is 10.6. The van der Waals surface area contributed by atoms with Gasteiger partial charge in [0.05, 0.1) is 34.7 Å². The number of amidine groups is 1. The molecule has 2 heterocycles. The minimum Gasteiger partial charge on any atom is -0.388 e. The number of imidazole rings is 1. The molecule has 0 atom stereocenters. The van der Waals surface area contributed by atoms with E-state index in [1.165, 1.54) is 0 Å². The van der Waals surface area contributed by atoms with Crippen LogP contribution in [-0.4, -0.2) is 63.6 Å². The Morgan fingerprint density at radius 1 is 1.10 bits per heavy atom. The van der Waals surface area contributed by atoms with E-state index in [2.05, 4.69) is 25.5 Å². The van der Waals surface area contributed by atoms with Crippen molar-refractivity contribution >= 4 is 75.7 Å². The quantitative estimate of drug-likeness (QED) is 0.0850. The van der Waals surface area contributed by atoms with E-state index < -0.39 is 0 Å². The molecule has 13 heteroatoms. The lowest BCUT2D eigenvalue weighted by atomic mass is 10.1. The first-order chi connectivity index (χ1) is 19.3. The van der Waals surface area contributed by atoms with Gasteiger partial charge in [-0.2, -0.15) is 0 Å². The third kappa shape index (κ3) is 8.39. The lowest BCUT2D eigenvalue weighted by molar-refractivity contribution is -0.115. The number of rotatable bonds is 13. The highest BCUT2D eigenvalue weighted by Gasteiger charge is 2.14. The Morgan fingerprint density at radius 3 is 2.46 bits per heavy atom. The van der Waals surface area contributed by atoms with Crippen molar-refractivity contribution in [3.05, 3.63) is 65.9 Å². The second-order valence-corrected chi connectivity index (χ2v) is 10.1. The van der Waals surface area contributed by atoms with Crippen LogP contribution in [0.1, 0.15) is 22.3 Å². The molecular formula is C28H33Cl3N8O2. The fourth-order valence-corrected chi connectivity index (χ4v) is 4.75. The summed E-state index contributed by atoms with van der Waals surface area (Å²) in [6, 6.07) is 14.9. The molecule has 2 aromatic heterocycles. The van der Waals surface area contributed by atoms with Crippen LogP contribution in [0.5, 0.6) is 0 Å². The van der Waals surface area contributed by atoms with Gasteiger partial charge in [0.2, 0.25) is 5.91 Å². The number of nitrogens with zero attached hydrogens (tertiary/aromatic N) is 3. The maximum atomic E-state index is 12.8. The zero-order valence-corrected chi connectivity index (χ0v) is 24.9. The number of fused-ring (bicyclic) bond motifs is 1. The lowest BCUT2D eigenvalue weighted by Crippen LogP contribution is -2.27. The smallest absolute Gasteiger partial charge is 0.251 e. The van der Waals surface area contributed by atoms with E-state index >= 15 is 0 Å². The largest absolute Gasteiger partial charge is 0.388 e. The number of benzene rings is 2. The monoisotopic (exact) mass is 618 g/mol. The van der Waals surface area contributed by atoms with Crippen molar-refractivity contribution in [3.8, 4) is 11.5 Å². The van der Waals surface area contributed by atoms with Crippen molar-refractivity contribution in [3.63, 3.8) is 0 Å². The number of amides is 2. The van der Waals surface area contributed by atoms with E-state index in [1.54, 1.807) is 18.2 Å². The molecular weight excluding hydrogens is 587 g/mol. The predicted molar refractivity (Wildman–Crippen MR) is 169 cm³/mol. The molecule has 0 fully saturated rings.